The molecule has 2 nitrogen and oxygen atoms in total. The number of methoxy groups -OCH3 is 1. The van der Waals surface area contributed by atoms with Gasteiger partial charge in [0.05, 0.1) is 12.1 Å². The van der Waals surface area contributed by atoms with E-state index >= 15 is 0 Å². The van der Waals surface area contributed by atoms with Crippen molar-refractivity contribution in [2.45, 2.75) is 45.8 Å². The van der Waals surface area contributed by atoms with Crippen LogP contribution < -0.4 is 5.32 Å². The summed E-state index contributed by atoms with van der Waals surface area (Å²) < 4.78 is 5.58. The fourth-order valence-corrected chi connectivity index (χ4v) is 2.99. The molecule has 92 valence electrons. The molecule has 1 aromatic rings. The van der Waals surface area contributed by atoms with E-state index in [1.54, 1.807) is 7.11 Å². The molecular weight excluding hydrogens is 218 g/mol. The topological polar surface area (TPSA) is 21.3 Å². The molecule has 0 bridgehead atoms. The highest BCUT2D eigenvalue weighted by atomic mass is 32.1. The molecule has 1 heterocycles. The van der Waals surface area contributed by atoms with Gasteiger partial charge in [-0.15, -0.1) is 11.3 Å². The van der Waals surface area contributed by atoms with Gasteiger partial charge < -0.3 is 10.1 Å². The van der Waals surface area contributed by atoms with Crippen molar-refractivity contribution in [3.05, 3.63) is 21.9 Å². The summed E-state index contributed by atoms with van der Waals surface area (Å²) in [7, 11) is 1.80. The van der Waals surface area contributed by atoms with Gasteiger partial charge in [0.2, 0.25) is 0 Å². The summed E-state index contributed by atoms with van der Waals surface area (Å²) >= 11 is 1.82. The average molecular weight is 241 g/mol. The van der Waals surface area contributed by atoms with Crippen LogP contribution in [0.3, 0.4) is 0 Å². The van der Waals surface area contributed by atoms with E-state index in [4.69, 9.17) is 4.74 Å². The predicted molar refractivity (Wildman–Crippen MR) is 71.2 cm³/mol. The highest BCUT2D eigenvalue weighted by Crippen LogP contribution is 2.28. The lowest BCUT2D eigenvalue weighted by Gasteiger charge is -2.26. The lowest BCUT2D eigenvalue weighted by molar-refractivity contribution is 0.0660. The number of thiophene rings is 1. The van der Waals surface area contributed by atoms with Gasteiger partial charge in [-0.25, -0.2) is 0 Å². The van der Waals surface area contributed by atoms with E-state index in [1.807, 2.05) is 11.3 Å². The van der Waals surface area contributed by atoms with Crippen LogP contribution in [0.15, 0.2) is 11.4 Å². The Balaban J connectivity index is 2.82. The highest BCUT2D eigenvalue weighted by Gasteiger charge is 2.23. The van der Waals surface area contributed by atoms with Gasteiger partial charge in [0.25, 0.3) is 0 Å². The Hall–Kier alpha value is -0.380. The van der Waals surface area contributed by atoms with Crippen molar-refractivity contribution in [3.63, 3.8) is 0 Å². The second-order valence-electron chi connectivity index (χ2n) is 4.08. The van der Waals surface area contributed by atoms with Gasteiger partial charge in [-0.2, -0.15) is 0 Å². The van der Waals surface area contributed by atoms with Crippen molar-refractivity contribution >= 4 is 11.3 Å². The minimum Gasteiger partial charge on any atom is -0.379 e. The van der Waals surface area contributed by atoms with Crippen LogP contribution in [0.4, 0.5) is 0 Å². The fraction of sp³-hybridized carbons (Fsp3) is 0.692. The molecule has 3 heteroatoms. The van der Waals surface area contributed by atoms with Crippen LogP contribution in [0.1, 0.15) is 43.2 Å². The molecule has 0 aliphatic heterocycles. The molecule has 1 N–H and O–H groups in total. The maximum absolute atomic E-state index is 5.58. The lowest BCUT2D eigenvalue weighted by atomic mass is 10.0. The first-order valence-electron chi connectivity index (χ1n) is 6.04. The molecule has 0 fully saturated rings. The standard InChI is InChI=1S/C13H23NOS/c1-5-8-14-12(11(6-2)15-4)13-10(3)7-9-16-13/h7,9,11-12,14H,5-6,8H2,1-4H3. The molecule has 16 heavy (non-hydrogen) atoms. The monoisotopic (exact) mass is 241 g/mol. The van der Waals surface area contributed by atoms with E-state index in [1.165, 1.54) is 10.4 Å². The van der Waals surface area contributed by atoms with Crippen LogP contribution in [-0.2, 0) is 4.74 Å². The summed E-state index contributed by atoms with van der Waals surface area (Å²) in [5.41, 5.74) is 1.37. The third kappa shape index (κ3) is 3.30. The summed E-state index contributed by atoms with van der Waals surface area (Å²) in [4.78, 5) is 1.42. The molecule has 1 rings (SSSR count). The number of ether oxygens (including phenoxy) is 1. The van der Waals surface area contributed by atoms with Crippen molar-refractivity contribution in [2.75, 3.05) is 13.7 Å². The van der Waals surface area contributed by atoms with Crippen molar-refractivity contribution < 1.29 is 4.74 Å². The smallest absolute Gasteiger partial charge is 0.0771 e. The van der Waals surface area contributed by atoms with Crippen molar-refractivity contribution in [3.8, 4) is 0 Å². The first-order chi connectivity index (χ1) is 7.74. The Kier molecular flexibility index (Phi) is 6.03. The van der Waals surface area contributed by atoms with Gasteiger partial charge >= 0.3 is 0 Å². The number of hydrogen-bond acceptors (Lipinski definition) is 3. The van der Waals surface area contributed by atoms with Gasteiger partial charge in [-0.05, 0) is 43.3 Å². The predicted octanol–water partition coefficient (Wildman–Crippen LogP) is 3.52. The van der Waals surface area contributed by atoms with Crippen LogP contribution in [0.5, 0.6) is 0 Å². The van der Waals surface area contributed by atoms with Crippen molar-refractivity contribution in [1.29, 1.82) is 0 Å². The maximum Gasteiger partial charge on any atom is 0.0771 e. The van der Waals surface area contributed by atoms with Gasteiger partial charge in [0.15, 0.2) is 0 Å². The maximum atomic E-state index is 5.58. The summed E-state index contributed by atoms with van der Waals surface area (Å²) in [5.74, 6) is 0. The van der Waals surface area contributed by atoms with Gasteiger partial charge in [0.1, 0.15) is 0 Å². The molecule has 1 aromatic heterocycles. The van der Waals surface area contributed by atoms with E-state index in [0.29, 0.717) is 6.04 Å². The Morgan fingerprint density at radius 1 is 1.44 bits per heavy atom. The summed E-state index contributed by atoms with van der Waals surface area (Å²) in [6, 6.07) is 2.53. The minimum atomic E-state index is 0.267. The Bertz CT molecular complexity index is 294. The molecular formula is C13H23NOS. The molecule has 0 aliphatic carbocycles. The van der Waals surface area contributed by atoms with Gasteiger partial charge in [-0.1, -0.05) is 13.8 Å². The largest absolute Gasteiger partial charge is 0.379 e. The molecule has 0 aliphatic rings. The SMILES string of the molecule is CCCNC(c1sccc1C)C(CC)OC. The van der Waals surface area contributed by atoms with Crippen molar-refractivity contribution in [2.24, 2.45) is 0 Å². The van der Waals surface area contributed by atoms with E-state index in [9.17, 15) is 0 Å². The normalized spacial score (nSPS) is 15.0. The summed E-state index contributed by atoms with van der Waals surface area (Å²) in [6.45, 7) is 7.59. The zero-order valence-corrected chi connectivity index (χ0v) is 11.6. The van der Waals surface area contributed by atoms with E-state index in [-0.39, 0.29) is 6.10 Å². The first kappa shape index (κ1) is 13.7. The van der Waals surface area contributed by atoms with E-state index in [0.717, 1.165) is 19.4 Å². The molecule has 2 atom stereocenters. The van der Waals surface area contributed by atoms with Crippen LogP contribution >= 0.6 is 11.3 Å². The second-order valence-corrected chi connectivity index (χ2v) is 5.03. The molecule has 0 saturated heterocycles. The zero-order chi connectivity index (χ0) is 12.0. The summed E-state index contributed by atoms with van der Waals surface area (Å²) in [6.07, 6.45) is 2.46. The quantitative estimate of drug-likeness (QED) is 0.788. The third-order valence-corrected chi connectivity index (χ3v) is 3.98. The molecule has 0 amide bonds. The van der Waals surface area contributed by atoms with E-state index < -0.39 is 0 Å². The highest BCUT2D eigenvalue weighted by molar-refractivity contribution is 7.10. The zero-order valence-electron chi connectivity index (χ0n) is 10.7. The number of hydrogen-bond donors (Lipinski definition) is 1. The number of aryl methyl sites for hydroxylation is 1. The van der Waals surface area contributed by atoms with Crippen molar-refractivity contribution in [1.82, 2.24) is 5.32 Å². The minimum absolute atomic E-state index is 0.267. The molecule has 0 saturated carbocycles. The molecule has 2 unspecified atom stereocenters. The van der Waals surface area contributed by atoms with Gasteiger partial charge in [-0.3, -0.25) is 0 Å². The average Bonchev–Trinajstić information content (AvgIpc) is 2.71. The molecule has 0 aromatic carbocycles. The third-order valence-electron chi connectivity index (χ3n) is 2.88. The number of rotatable bonds is 7. The van der Waals surface area contributed by atoms with Crippen LogP contribution in [-0.4, -0.2) is 19.8 Å². The van der Waals surface area contributed by atoms with Crippen LogP contribution in [0, 0.1) is 6.92 Å². The lowest BCUT2D eigenvalue weighted by Crippen LogP contribution is -2.33. The molecule has 0 spiro atoms. The van der Waals surface area contributed by atoms with Gasteiger partial charge in [0, 0.05) is 12.0 Å². The Labute approximate surface area is 103 Å². The Morgan fingerprint density at radius 2 is 2.19 bits per heavy atom. The fourth-order valence-electron chi connectivity index (χ4n) is 1.93. The van der Waals surface area contributed by atoms with Crippen LogP contribution in [0.2, 0.25) is 0 Å². The second kappa shape index (κ2) is 7.05. The van der Waals surface area contributed by atoms with E-state index in [2.05, 4.69) is 37.5 Å². The Morgan fingerprint density at radius 3 is 2.62 bits per heavy atom. The number of nitrogens with one attached hydrogen (secondary N) is 1. The first-order valence-corrected chi connectivity index (χ1v) is 6.92. The van der Waals surface area contributed by atoms with Crippen LogP contribution in [0.25, 0.3) is 0 Å². The summed E-state index contributed by atoms with van der Waals surface area (Å²) in [5, 5.41) is 5.76. The molecule has 0 radical (unpaired) electrons.